The van der Waals surface area contributed by atoms with Gasteiger partial charge in [0.25, 0.3) is 0 Å². The molecule has 2 atom stereocenters. The molecule has 8 heteroatoms. The van der Waals surface area contributed by atoms with Crippen molar-refractivity contribution in [2.24, 2.45) is 0 Å². The number of rotatable bonds is 5. The van der Waals surface area contributed by atoms with Crippen molar-refractivity contribution >= 4 is 35.3 Å². The minimum absolute atomic E-state index is 0.0811. The molecule has 0 unspecified atom stereocenters. The van der Waals surface area contributed by atoms with Crippen molar-refractivity contribution in [3.05, 3.63) is 60.2 Å². The number of aromatic nitrogens is 2. The summed E-state index contributed by atoms with van der Waals surface area (Å²) in [5.74, 6) is 1.10. The Balaban J connectivity index is 1.48. The van der Waals surface area contributed by atoms with E-state index in [4.69, 9.17) is 0 Å². The number of carbonyl (C=O) groups excluding carboxylic acids is 2. The van der Waals surface area contributed by atoms with Crippen LogP contribution in [0.2, 0.25) is 0 Å². The SMILES string of the molecule is O=C1CS[C@H](c2ccccn2)N1CCN1C(=O)CS[C@@H]1c1ccccn1. The zero-order valence-corrected chi connectivity index (χ0v) is 15.7. The summed E-state index contributed by atoms with van der Waals surface area (Å²) in [4.78, 5) is 37.2. The zero-order chi connectivity index (χ0) is 17.9. The van der Waals surface area contributed by atoms with E-state index in [2.05, 4.69) is 9.97 Å². The maximum absolute atomic E-state index is 12.4. The molecule has 2 aromatic heterocycles. The van der Waals surface area contributed by atoms with E-state index in [1.54, 1.807) is 35.9 Å². The van der Waals surface area contributed by atoms with Crippen molar-refractivity contribution in [2.45, 2.75) is 10.7 Å². The molecule has 6 nitrogen and oxygen atoms in total. The molecule has 134 valence electrons. The molecule has 26 heavy (non-hydrogen) atoms. The molecule has 0 aliphatic carbocycles. The van der Waals surface area contributed by atoms with Crippen LogP contribution in [0.1, 0.15) is 22.1 Å². The molecule has 4 heterocycles. The third-order valence-electron chi connectivity index (χ3n) is 4.40. The molecule has 2 aliphatic rings. The molecule has 0 spiro atoms. The van der Waals surface area contributed by atoms with Crippen LogP contribution in [0, 0.1) is 0 Å². The summed E-state index contributed by atoms with van der Waals surface area (Å²) in [5, 5.41) is -0.162. The molecule has 0 radical (unpaired) electrons. The Hall–Kier alpha value is -2.06. The van der Waals surface area contributed by atoms with Gasteiger partial charge in [-0.3, -0.25) is 19.6 Å². The van der Waals surface area contributed by atoms with Gasteiger partial charge in [0.1, 0.15) is 10.7 Å². The zero-order valence-electron chi connectivity index (χ0n) is 14.0. The van der Waals surface area contributed by atoms with Gasteiger partial charge in [0.15, 0.2) is 0 Å². The van der Waals surface area contributed by atoms with Gasteiger partial charge in [-0.2, -0.15) is 0 Å². The second-order valence-corrected chi connectivity index (χ2v) is 8.15. The van der Waals surface area contributed by atoms with Gasteiger partial charge < -0.3 is 9.80 Å². The lowest BCUT2D eigenvalue weighted by Crippen LogP contribution is -2.39. The fourth-order valence-electron chi connectivity index (χ4n) is 3.14. The molecule has 2 amide bonds. The molecule has 0 N–H and O–H groups in total. The van der Waals surface area contributed by atoms with Gasteiger partial charge in [-0.15, -0.1) is 23.5 Å². The number of amides is 2. The van der Waals surface area contributed by atoms with E-state index in [0.29, 0.717) is 24.6 Å². The molecule has 0 aromatic carbocycles. The fourth-order valence-corrected chi connectivity index (χ4v) is 5.50. The molecule has 0 bridgehead atoms. The lowest BCUT2D eigenvalue weighted by molar-refractivity contribution is -0.132. The summed E-state index contributed by atoms with van der Waals surface area (Å²) >= 11 is 3.17. The standard InChI is InChI=1S/C18H18N4O2S2/c23-15-11-25-17(13-5-1-3-7-19-13)21(15)9-10-22-16(24)12-26-18(22)14-6-2-4-8-20-14/h1-8,17-18H,9-12H2/t17-,18-/m1/s1. The van der Waals surface area contributed by atoms with Crippen molar-refractivity contribution in [1.82, 2.24) is 19.8 Å². The molecule has 2 saturated heterocycles. The second-order valence-electron chi connectivity index (χ2n) is 6.01. The van der Waals surface area contributed by atoms with E-state index in [1.807, 2.05) is 46.2 Å². The fraction of sp³-hybridized carbons (Fsp3) is 0.333. The predicted molar refractivity (Wildman–Crippen MR) is 102 cm³/mol. The predicted octanol–water partition coefficient (Wildman–Crippen LogP) is 2.32. The Labute approximate surface area is 160 Å². The minimum atomic E-state index is -0.0811. The average molecular weight is 387 g/mol. The molecule has 0 saturated carbocycles. The van der Waals surface area contributed by atoms with E-state index in [9.17, 15) is 9.59 Å². The maximum Gasteiger partial charge on any atom is 0.233 e. The molecule has 2 aromatic rings. The largest absolute Gasteiger partial charge is 0.322 e. The van der Waals surface area contributed by atoms with Crippen LogP contribution in [-0.2, 0) is 9.59 Å². The Morgan fingerprint density at radius 3 is 1.65 bits per heavy atom. The van der Waals surface area contributed by atoms with Crippen molar-refractivity contribution < 1.29 is 9.59 Å². The molecule has 4 rings (SSSR count). The highest BCUT2D eigenvalue weighted by Crippen LogP contribution is 2.39. The van der Waals surface area contributed by atoms with Gasteiger partial charge in [-0.1, -0.05) is 12.1 Å². The summed E-state index contributed by atoms with van der Waals surface area (Å²) in [5.41, 5.74) is 1.76. The van der Waals surface area contributed by atoms with Gasteiger partial charge in [0.05, 0.1) is 22.9 Å². The Bertz CT molecular complexity index is 723. The van der Waals surface area contributed by atoms with Crippen LogP contribution in [0.15, 0.2) is 48.8 Å². The molecule has 2 aliphatic heterocycles. The van der Waals surface area contributed by atoms with Crippen molar-refractivity contribution in [1.29, 1.82) is 0 Å². The number of carbonyl (C=O) groups is 2. The van der Waals surface area contributed by atoms with E-state index < -0.39 is 0 Å². The number of nitrogens with zero attached hydrogens (tertiary/aromatic N) is 4. The van der Waals surface area contributed by atoms with Crippen LogP contribution in [-0.4, -0.2) is 56.2 Å². The summed E-state index contributed by atoms with van der Waals surface area (Å²) in [6.07, 6.45) is 3.49. The van der Waals surface area contributed by atoms with Crippen molar-refractivity contribution in [3.8, 4) is 0 Å². The molecule has 2 fully saturated rings. The number of thioether (sulfide) groups is 2. The summed E-state index contributed by atoms with van der Waals surface area (Å²) in [7, 11) is 0. The highest BCUT2D eigenvalue weighted by molar-refractivity contribution is 8.00. The van der Waals surface area contributed by atoms with Crippen LogP contribution in [0.25, 0.3) is 0 Å². The monoisotopic (exact) mass is 386 g/mol. The van der Waals surface area contributed by atoms with Crippen molar-refractivity contribution in [3.63, 3.8) is 0 Å². The summed E-state index contributed by atoms with van der Waals surface area (Å²) in [6, 6.07) is 11.5. The van der Waals surface area contributed by atoms with Crippen LogP contribution in [0.3, 0.4) is 0 Å². The first-order chi connectivity index (χ1) is 12.7. The van der Waals surface area contributed by atoms with Gasteiger partial charge in [-0.05, 0) is 24.3 Å². The maximum atomic E-state index is 12.4. The quantitative estimate of drug-likeness (QED) is 0.786. The number of hydrogen-bond donors (Lipinski definition) is 0. The van der Waals surface area contributed by atoms with E-state index in [1.165, 1.54) is 0 Å². The van der Waals surface area contributed by atoms with Crippen LogP contribution < -0.4 is 0 Å². The first-order valence-corrected chi connectivity index (χ1v) is 10.5. The summed E-state index contributed by atoms with van der Waals surface area (Å²) < 4.78 is 0. The van der Waals surface area contributed by atoms with Crippen LogP contribution in [0.5, 0.6) is 0 Å². The normalized spacial score (nSPS) is 23.1. The van der Waals surface area contributed by atoms with Crippen LogP contribution >= 0.6 is 23.5 Å². The van der Waals surface area contributed by atoms with Gasteiger partial charge in [0.2, 0.25) is 11.8 Å². The van der Waals surface area contributed by atoms with Crippen LogP contribution in [0.4, 0.5) is 0 Å². The molecular weight excluding hydrogens is 368 g/mol. The van der Waals surface area contributed by atoms with E-state index in [-0.39, 0.29) is 22.6 Å². The average Bonchev–Trinajstić information content (AvgIpc) is 3.24. The smallest absolute Gasteiger partial charge is 0.233 e. The summed E-state index contributed by atoms with van der Waals surface area (Å²) in [6.45, 7) is 1.01. The Morgan fingerprint density at radius 1 is 0.808 bits per heavy atom. The first-order valence-electron chi connectivity index (χ1n) is 8.38. The van der Waals surface area contributed by atoms with Gasteiger partial charge in [-0.25, -0.2) is 0 Å². The van der Waals surface area contributed by atoms with Gasteiger partial charge in [0, 0.05) is 25.5 Å². The number of pyridine rings is 2. The molecular formula is C18H18N4O2S2. The lowest BCUT2D eigenvalue weighted by atomic mass is 10.3. The lowest BCUT2D eigenvalue weighted by Gasteiger charge is -2.28. The Morgan fingerprint density at radius 2 is 1.27 bits per heavy atom. The third-order valence-corrected chi connectivity index (χ3v) is 6.85. The highest BCUT2D eigenvalue weighted by atomic mass is 32.2. The third kappa shape index (κ3) is 3.43. The Kier molecular flexibility index (Phi) is 5.12. The topological polar surface area (TPSA) is 66.4 Å². The first kappa shape index (κ1) is 17.4. The number of hydrogen-bond acceptors (Lipinski definition) is 6. The minimum Gasteiger partial charge on any atom is -0.322 e. The van der Waals surface area contributed by atoms with E-state index >= 15 is 0 Å². The van der Waals surface area contributed by atoms with E-state index in [0.717, 1.165) is 11.4 Å². The highest BCUT2D eigenvalue weighted by Gasteiger charge is 2.37. The van der Waals surface area contributed by atoms with Crippen molar-refractivity contribution in [2.75, 3.05) is 24.6 Å². The second kappa shape index (κ2) is 7.67. The van der Waals surface area contributed by atoms with Gasteiger partial charge >= 0.3 is 0 Å².